The van der Waals surface area contributed by atoms with E-state index in [4.69, 9.17) is 0 Å². The van der Waals surface area contributed by atoms with E-state index in [0.29, 0.717) is 27.8 Å². The van der Waals surface area contributed by atoms with E-state index in [0.717, 1.165) is 24.0 Å². The molecule has 0 saturated heterocycles. The molecule has 6 nitrogen and oxygen atoms in total. The SMILES string of the molecule is Cc1ccc(C(=O)NC2CC2)cc1NC(=O)c1cnc(NCc2ccc(F)cc2)s1. The van der Waals surface area contributed by atoms with Crippen molar-refractivity contribution in [1.82, 2.24) is 10.3 Å². The van der Waals surface area contributed by atoms with Crippen molar-refractivity contribution in [2.24, 2.45) is 0 Å². The number of amides is 2. The fraction of sp³-hybridized carbons (Fsp3) is 0.227. The summed E-state index contributed by atoms with van der Waals surface area (Å²) < 4.78 is 13.0. The van der Waals surface area contributed by atoms with Crippen molar-refractivity contribution in [2.45, 2.75) is 32.4 Å². The molecule has 30 heavy (non-hydrogen) atoms. The third-order valence-corrected chi connectivity index (χ3v) is 5.70. The van der Waals surface area contributed by atoms with Crippen molar-refractivity contribution in [1.29, 1.82) is 0 Å². The van der Waals surface area contributed by atoms with Gasteiger partial charge in [0.25, 0.3) is 11.8 Å². The molecule has 1 fully saturated rings. The summed E-state index contributed by atoms with van der Waals surface area (Å²) in [6.45, 7) is 2.35. The number of nitrogens with one attached hydrogen (secondary N) is 3. The number of carbonyl (C=O) groups excluding carboxylic acids is 2. The molecule has 4 rings (SSSR count). The summed E-state index contributed by atoms with van der Waals surface area (Å²) >= 11 is 1.23. The smallest absolute Gasteiger partial charge is 0.267 e. The Morgan fingerprint density at radius 3 is 2.63 bits per heavy atom. The summed E-state index contributed by atoms with van der Waals surface area (Å²) in [7, 11) is 0. The second-order valence-corrected chi connectivity index (χ2v) is 8.27. The number of thiazole rings is 1. The zero-order valence-electron chi connectivity index (χ0n) is 16.4. The van der Waals surface area contributed by atoms with Gasteiger partial charge < -0.3 is 16.0 Å². The minimum Gasteiger partial charge on any atom is -0.357 e. The van der Waals surface area contributed by atoms with Gasteiger partial charge in [-0.05, 0) is 55.2 Å². The van der Waals surface area contributed by atoms with Crippen LogP contribution in [0.15, 0.2) is 48.7 Å². The summed E-state index contributed by atoms with van der Waals surface area (Å²) in [5.41, 5.74) is 2.89. The van der Waals surface area contributed by atoms with Gasteiger partial charge in [-0.25, -0.2) is 9.37 Å². The van der Waals surface area contributed by atoms with Gasteiger partial charge in [-0.2, -0.15) is 0 Å². The predicted molar refractivity (Wildman–Crippen MR) is 115 cm³/mol. The number of rotatable bonds is 7. The standard InChI is InChI=1S/C22H21FN4O2S/c1-13-2-5-15(20(28)26-17-8-9-17)10-18(13)27-21(29)19-12-25-22(30-19)24-11-14-3-6-16(23)7-4-14/h2-7,10,12,17H,8-9,11H2,1H3,(H,24,25)(H,26,28)(H,27,29). The highest BCUT2D eigenvalue weighted by Gasteiger charge is 2.24. The highest BCUT2D eigenvalue weighted by molar-refractivity contribution is 7.17. The average Bonchev–Trinajstić information content (AvgIpc) is 3.42. The first-order chi connectivity index (χ1) is 14.5. The fourth-order valence-electron chi connectivity index (χ4n) is 2.82. The fourth-order valence-corrected chi connectivity index (χ4v) is 3.53. The summed E-state index contributed by atoms with van der Waals surface area (Å²) in [6.07, 6.45) is 3.54. The highest BCUT2D eigenvalue weighted by atomic mass is 32.1. The lowest BCUT2D eigenvalue weighted by Crippen LogP contribution is -2.25. The number of halogens is 1. The molecule has 154 valence electrons. The lowest BCUT2D eigenvalue weighted by atomic mass is 10.1. The number of benzene rings is 2. The number of aromatic nitrogens is 1. The number of hydrogen-bond acceptors (Lipinski definition) is 5. The topological polar surface area (TPSA) is 83.1 Å². The first-order valence-corrected chi connectivity index (χ1v) is 10.5. The number of aryl methyl sites for hydroxylation is 1. The van der Waals surface area contributed by atoms with Crippen LogP contribution in [0, 0.1) is 12.7 Å². The molecule has 1 aliphatic rings. The van der Waals surface area contributed by atoms with Gasteiger partial charge in [-0.15, -0.1) is 0 Å². The molecule has 1 aromatic heterocycles. The lowest BCUT2D eigenvalue weighted by Gasteiger charge is -2.10. The van der Waals surface area contributed by atoms with Gasteiger partial charge in [-0.3, -0.25) is 9.59 Å². The van der Waals surface area contributed by atoms with Crippen LogP contribution < -0.4 is 16.0 Å². The largest absolute Gasteiger partial charge is 0.357 e. The molecule has 2 amide bonds. The molecule has 1 heterocycles. The quantitative estimate of drug-likeness (QED) is 0.527. The monoisotopic (exact) mass is 424 g/mol. The van der Waals surface area contributed by atoms with E-state index in [9.17, 15) is 14.0 Å². The van der Waals surface area contributed by atoms with Crippen molar-refractivity contribution in [3.8, 4) is 0 Å². The van der Waals surface area contributed by atoms with E-state index < -0.39 is 0 Å². The molecule has 0 radical (unpaired) electrons. The molecule has 0 atom stereocenters. The zero-order valence-corrected chi connectivity index (χ0v) is 17.2. The van der Waals surface area contributed by atoms with Crippen molar-refractivity contribution in [2.75, 3.05) is 10.6 Å². The van der Waals surface area contributed by atoms with Crippen molar-refractivity contribution < 1.29 is 14.0 Å². The first kappa shape index (κ1) is 20.0. The van der Waals surface area contributed by atoms with Crippen molar-refractivity contribution in [3.63, 3.8) is 0 Å². The van der Waals surface area contributed by atoms with Crippen LogP contribution in [0.2, 0.25) is 0 Å². The Balaban J connectivity index is 1.39. The second-order valence-electron chi connectivity index (χ2n) is 7.24. The highest BCUT2D eigenvalue weighted by Crippen LogP contribution is 2.24. The normalized spacial score (nSPS) is 13.0. The van der Waals surface area contributed by atoms with E-state index in [1.54, 1.807) is 24.3 Å². The minimum atomic E-state index is -0.287. The Hall–Kier alpha value is -3.26. The molecular formula is C22H21FN4O2S. The van der Waals surface area contributed by atoms with Gasteiger partial charge in [-0.1, -0.05) is 29.5 Å². The summed E-state index contributed by atoms with van der Waals surface area (Å²) in [5, 5.41) is 9.54. The Labute approximate surface area is 177 Å². The van der Waals surface area contributed by atoms with Gasteiger partial charge in [0.15, 0.2) is 5.13 Å². The molecule has 0 bridgehead atoms. The number of anilines is 2. The van der Waals surface area contributed by atoms with Gasteiger partial charge in [0.05, 0.1) is 6.20 Å². The maximum Gasteiger partial charge on any atom is 0.267 e. The maximum absolute atomic E-state index is 13.0. The van der Waals surface area contributed by atoms with E-state index in [-0.39, 0.29) is 23.7 Å². The molecule has 3 N–H and O–H groups in total. The van der Waals surface area contributed by atoms with Gasteiger partial charge >= 0.3 is 0 Å². The van der Waals surface area contributed by atoms with Gasteiger partial charge in [0.1, 0.15) is 10.7 Å². The van der Waals surface area contributed by atoms with Crippen LogP contribution >= 0.6 is 11.3 Å². The van der Waals surface area contributed by atoms with E-state index in [2.05, 4.69) is 20.9 Å². The Morgan fingerprint density at radius 1 is 1.13 bits per heavy atom. The van der Waals surface area contributed by atoms with Crippen LogP contribution in [0.4, 0.5) is 15.2 Å². The molecule has 1 saturated carbocycles. The third-order valence-electron chi connectivity index (χ3n) is 4.75. The van der Waals surface area contributed by atoms with Crippen LogP contribution in [0.3, 0.4) is 0 Å². The molecule has 0 aliphatic heterocycles. The Kier molecular flexibility index (Phi) is 5.76. The molecule has 1 aliphatic carbocycles. The molecule has 3 aromatic rings. The van der Waals surface area contributed by atoms with Crippen molar-refractivity contribution >= 4 is 34.0 Å². The van der Waals surface area contributed by atoms with Crippen LogP contribution in [0.25, 0.3) is 0 Å². The summed E-state index contributed by atoms with van der Waals surface area (Å²) in [5.74, 6) is -0.695. The minimum absolute atomic E-state index is 0.127. The Morgan fingerprint density at radius 2 is 1.90 bits per heavy atom. The van der Waals surface area contributed by atoms with Gasteiger partial charge in [0.2, 0.25) is 0 Å². The van der Waals surface area contributed by atoms with E-state index >= 15 is 0 Å². The van der Waals surface area contributed by atoms with E-state index in [1.807, 2.05) is 13.0 Å². The average molecular weight is 425 g/mol. The second kappa shape index (κ2) is 8.62. The summed E-state index contributed by atoms with van der Waals surface area (Å²) in [6, 6.07) is 11.7. The van der Waals surface area contributed by atoms with E-state index in [1.165, 1.54) is 29.7 Å². The Bertz CT molecular complexity index is 1080. The molecule has 8 heteroatoms. The van der Waals surface area contributed by atoms with Crippen LogP contribution in [0.5, 0.6) is 0 Å². The van der Waals surface area contributed by atoms with Gasteiger partial charge in [0, 0.05) is 23.8 Å². The molecule has 2 aromatic carbocycles. The predicted octanol–water partition coefficient (Wildman–Crippen LogP) is 4.35. The number of hydrogen-bond donors (Lipinski definition) is 3. The first-order valence-electron chi connectivity index (χ1n) is 9.65. The molecule has 0 spiro atoms. The molecule has 0 unspecified atom stereocenters. The van der Waals surface area contributed by atoms with Crippen LogP contribution in [-0.4, -0.2) is 22.8 Å². The maximum atomic E-state index is 13.0. The number of nitrogens with zero attached hydrogens (tertiary/aromatic N) is 1. The zero-order chi connectivity index (χ0) is 21.1. The van der Waals surface area contributed by atoms with Crippen molar-refractivity contribution in [3.05, 3.63) is 76.0 Å². The van der Waals surface area contributed by atoms with Crippen LogP contribution in [0.1, 0.15) is 44.0 Å². The lowest BCUT2D eigenvalue weighted by molar-refractivity contribution is 0.0949. The van der Waals surface area contributed by atoms with Crippen LogP contribution in [-0.2, 0) is 6.54 Å². The summed E-state index contributed by atoms with van der Waals surface area (Å²) in [4.78, 5) is 29.6. The molecular weight excluding hydrogens is 403 g/mol. The third kappa shape index (κ3) is 5.01. The number of carbonyl (C=O) groups is 2.